The summed E-state index contributed by atoms with van der Waals surface area (Å²) in [6, 6.07) is 12.1. The minimum atomic E-state index is -0.139. The first-order chi connectivity index (χ1) is 10.8. The van der Waals surface area contributed by atoms with Crippen molar-refractivity contribution >= 4 is 11.8 Å². The summed E-state index contributed by atoms with van der Waals surface area (Å²) in [7, 11) is 1.63. The van der Waals surface area contributed by atoms with Gasteiger partial charge in [0.05, 0.1) is 30.9 Å². The predicted octanol–water partition coefficient (Wildman–Crippen LogP) is 3.42. The van der Waals surface area contributed by atoms with E-state index in [2.05, 4.69) is 17.1 Å². The molecule has 0 bridgehead atoms. The van der Waals surface area contributed by atoms with Gasteiger partial charge in [-0.05, 0) is 18.6 Å². The van der Waals surface area contributed by atoms with Gasteiger partial charge in [-0.25, -0.2) is 4.98 Å². The van der Waals surface area contributed by atoms with E-state index < -0.39 is 0 Å². The number of hydrogen-bond donors (Lipinski definition) is 0. The molecule has 1 heterocycles. The first-order valence-corrected chi connectivity index (χ1v) is 7.84. The highest BCUT2D eigenvalue weighted by Crippen LogP contribution is 2.25. The van der Waals surface area contributed by atoms with Crippen molar-refractivity contribution in [2.24, 2.45) is 5.92 Å². The molecule has 6 heteroatoms. The number of aromatic nitrogens is 2. The van der Waals surface area contributed by atoms with Gasteiger partial charge < -0.3 is 4.74 Å². The van der Waals surface area contributed by atoms with Gasteiger partial charge in [-0.15, -0.1) is 0 Å². The van der Waals surface area contributed by atoms with Gasteiger partial charge in [0.25, 0.3) is 0 Å². The van der Waals surface area contributed by atoms with Gasteiger partial charge in [-0.2, -0.15) is 10.5 Å². The first kappa shape index (κ1) is 15.9. The molecular formula is C16H16N4OS. The third-order valence-electron chi connectivity index (χ3n) is 3.14. The van der Waals surface area contributed by atoms with Crippen molar-refractivity contribution in [3.63, 3.8) is 0 Å². The molecule has 0 saturated carbocycles. The molecule has 0 radical (unpaired) electrons. The predicted molar refractivity (Wildman–Crippen MR) is 84.8 cm³/mol. The molecule has 0 N–H and O–H groups in total. The van der Waals surface area contributed by atoms with Gasteiger partial charge in [0.1, 0.15) is 5.75 Å². The molecule has 0 saturated heterocycles. The second-order valence-corrected chi connectivity index (χ2v) is 5.60. The summed E-state index contributed by atoms with van der Waals surface area (Å²) in [6.45, 7) is 0. The van der Waals surface area contributed by atoms with Crippen LogP contribution in [-0.4, -0.2) is 22.4 Å². The highest BCUT2D eigenvalue weighted by Gasteiger charge is 2.12. The summed E-state index contributed by atoms with van der Waals surface area (Å²) in [5.74, 6) is 1.27. The van der Waals surface area contributed by atoms with Crippen LogP contribution in [0.1, 0.15) is 12.8 Å². The van der Waals surface area contributed by atoms with E-state index in [1.165, 1.54) is 11.8 Å². The zero-order valence-corrected chi connectivity index (χ0v) is 13.1. The van der Waals surface area contributed by atoms with Crippen molar-refractivity contribution < 1.29 is 4.74 Å². The SMILES string of the molecule is COc1cccc(-n2ccnc2SC[C@@H](C#N)CCC#N)c1. The van der Waals surface area contributed by atoms with Gasteiger partial charge in [0.2, 0.25) is 0 Å². The van der Waals surface area contributed by atoms with Gasteiger partial charge in [-0.3, -0.25) is 4.57 Å². The van der Waals surface area contributed by atoms with E-state index in [4.69, 9.17) is 15.3 Å². The Morgan fingerprint density at radius 2 is 2.27 bits per heavy atom. The van der Waals surface area contributed by atoms with Crippen LogP contribution in [-0.2, 0) is 0 Å². The number of ether oxygens (including phenoxy) is 1. The maximum atomic E-state index is 9.12. The Morgan fingerprint density at radius 3 is 3.00 bits per heavy atom. The summed E-state index contributed by atoms with van der Waals surface area (Å²) >= 11 is 1.52. The van der Waals surface area contributed by atoms with Gasteiger partial charge in [-0.1, -0.05) is 17.8 Å². The highest BCUT2D eigenvalue weighted by atomic mass is 32.2. The van der Waals surface area contributed by atoms with E-state index in [9.17, 15) is 0 Å². The number of nitriles is 2. The lowest BCUT2D eigenvalue weighted by atomic mass is 10.1. The smallest absolute Gasteiger partial charge is 0.172 e. The molecule has 0 fully saturated rings. The van der Waals surface area contributed by atoms with E-state index in [-0.39, 0.29) is 5.92 Å². The van der Waals surface area contributed by atoms with E-state index in [1.54, 1.807) is 13.3 Å². The van der Waals surface area contributed by atoms with Crippen molar-refractivity contribution in [3.8, 4) is 23.6 Å². The molecule has 1 aromatic carbocycles. The second kappa shape index (κ2) is 8.11. The minimum Gasteiger partial charge on any atom is -0.497 e. The third-order valence-corrected chi connectivity index (χ3v) is 4.27. The second-order valence-electron chi connectivity index (χ2n) is 4.62. The molecule has 0 unspecified atom stereocenters. The van der Waals surface area contributed by atoms with Crippen LogP contribution in [0, 0.1) is 28.6 Å². The lowest BCUT2D eigenvalue weighted by Crippen LogP contribution is -2.02. The van der Waals surface area contributed by atoms with Gasteiger partial charge in [0.15, 0.2) is 5.16 Å². The molecule has 5 nitrogen and oxygen atoms in total. The van der Waals surface area contributed by atoms with Crippen molar-refractivity contribution in [1.29, 1.82) is 10.5 Å². The van der Waals surface area contributed by atoms with Crippen LogP contribution < -0.4 is 4.74 Å². The molecule has 1 aromatic heterocycles. The fourth-order valence-corrected chi connectivity index (χ4v) is 2.98. The van der Waals surface area contributed by atoms with Crippen molar-refractivity contribution in [1.82, 2.24) is 9.55 Å². The molecule has 2 rings (SSSR count). The lowest BCUT2D eigenvalue weighted by molar-refractivity contribution is 0.414. The monoisotopic (exact) mass is 312 g/mol. The van der Waals surface area contributed by atoms with Crippen LogP contribution in [0.3, 0.4) is 0 Å². The summed E-state index contributed by atoms with van der Waals surface area (Å²) < 4.78 is 7.20. The maximum absolute atomic E-state index is 9.12. The van der Waals surface area contributed by atoms with Crippen molar-refractivity contribution in [2.45, 2.75) is 18.0 Å². The van der Waals surface area contributed by atoms with Crippen LogP contribution in [0.25, 0.3) is 5.69 Å². The number of benzene rings is 1. The molecule has 0 aliphatic heterocycles. The Kier molecular flexibility index (Phi) is 5.88. The molecule has 0 amide bonds. The Labute approximate surface area is 134 Å². The van der Waals surface area contributed by atoms with E-state index >= 15 is 0 Å². The van der Waals surface area contributed by atoms with Crippen LogP contribution >= 0.6 is 11.8 Å². The fraction of sp³-hybridized carbons (Fsp3) is 0.312. The third kappa shape index (κ3) is 4.03. The fourth-order valence-electron chi connectivity index (χ4n) is 1.95. The molecule has 0 aliphatic carbocycles. The molecule has 112 valence electrons. The Morgan fingerprint density at radius 1 is 1.41 bits per heavy atom. The number of methoxy groups -OCH3 is 1. The minimum absolute atomic E-state index is 0.139. The van der Waals surface area contributed by atoms with E-state index in [1.807, 2.05) is 35.0 Å². The molecule has 22 heavy (non-hydrogen) atoms. The Hall–Kier alpha value is -2.44. The molecular weight excluding hydrogens is 296 g/mol. The number of nitrogens with zero attached hydrogens (tertiary/aromatic N) is 4. The molecule has 0 spiro atoms. The van der Waals surface area contributed by atoms with Crippen LogP contribution in [0.4, 0.5) is 0 Å². The Balaban J connectivity index is 2.09. The average molecular weight is 312 g/mol. The number of rotatable bonds is 7. The van der Waals surface area contributed by atoms with Gasteiger partial charge >= 0.3 is 0 Å². The quantitative estimate of drug-likeness (QED) is 0.732. The average Bonchev–Trinajstić information content (AvgIpc) is 3.03. The van der Waals surface area contributed by atoms with Crippen molar-refractivity contribution in [3.05, 3.63) is 36.7 Å². The van der Waals surface area contributed by atoms with Crippen molar-refractivity contribution in [2.75, 3.05) is 12.9 Å². The summed E-state index contributed by atoms with van der Waals surface area (Å²) in [5.41, 5.74) is 0.963. The summed E-state index contributed by atoms with van der Waals surface area (Å²) in [5, 5.41) is 18.6. The summed E-state index contributed by atoms with van der Waals surface area (Å²) in [6.07, 6.45) is 4.62. The molecule has 0 aliphatic rings. The van der Waals surface area contributed by atoms with E-state index in [0.29, 0.717) is 18.6 Å². The lowest BCUT2D eigenvalue weighted by Gasteiger charge is -2.10. The zero-order chi connectivity index (χ0) is 15.8. The van der Waals surface area contributed by atoms with Crippen LogP contribution in [0.2, 0.25) is 0 Å². The Bertz CT molecular complexity index is 699. The van der Waals surface area contributed by atoms with E-state index in [0.717, 1.165) is 16.6 Å². The van der Waals surface area contributed by atoms with Crippen LogP contribution in [0.5, 0.6) is 5.75 Å². The van der Waals surface area contributed by atoms with Gasteiger partial charge in [0, 0.05) is 30.6 Å². The largest absolute Gasteiger partial charge is 0.497 e. The standard InChI is InChI=1S/C16H16N4OS/c1-21-15-6-2-5-14(10-15)20-9-8-19-16(20)22-12-13(11-18)4-3-7-17/h2,5-6,8-10,13H,3-4,12H2,1H3/t13-/m1/s1. The first-order valence-electron chi connectivity index (χ1n) is 6.85. The zero-order valence-electron chi connectivity index (χ0n) is 12.3. The molecule has 2 aromatic rings. The normalized spacial score (nSPS) is 11.4. The van der Waals surface area contributed by atoms with Crippen LogP contribution in [0.15, 0.2) is 41.8 Å². The molecule has 1 atom stereocenters. The topological polar surface area (TPSA) is 74.6 Å². The number of hydrogen-bond acceptors (Lipinski definition) is 5. The highest BCUT2D eigenvalue weighted by molar-refractivity contribution is 7.99. The number of imidazole rings is 1. The summed E-state index contributed by atoms with van der Waals surface area (Å²) in [4.78, 5) is 4.35. The maximum Gasteiger partial charge on any atom is 0.172 e. The number of thioether (sulfide) groups is 1.